The third kappa shape index (κ3) is 7.13. The Bertz CT molecular complexity index is 1180. The summed E-state index contributed by atoms with van der Waals surface area (Å²) >= 11 is 0. The highest BCUT2D eigenvalue weighted by Crippen LogP contribution is 2.34. The van der Waals surface area contributed by atoms with Gasteiger partial charge in [0.2, 0.25) is 0 Å². The number of aliphatic carboxylic acids is 1. The van der Waals surface area contributed by atoms with E-state index in [1.54, 1.807) is 0 Å². The van der Waals surface area contributed by atoms with Crippen LogP contribution in [0.5, 0.6) is 0 Å². The van der Waals surface area contributed by atoms with Gasteiger partial charge in [-0.3, -0.25) is 4.68 Å². The molecule has 0 saturated heterocycles. The van der Waals surface area contributed by atoms with Gasteiger partial charge < -0.3 is 25.2 Å². The van der Waals surface area contributed by atoms with Crippen LogP contribution >= 0.6 is 0 Å². The van der Waals surface area contributed by atoms with Crippen LogP contribution in [0.4, 0.5) is 10.6 Å². The van der Waals surface area contributed by atoms with Crippen LogP contribution in [0.2, 0.25) is 0 Å². The molecule has 2 aliphatic carbocycles. The van der Waals surface area contributed by atoms with Crippen molar-refractivity contribution >= 4 is 17.9 Å². The molecule has 3 N–H and O–H groups in total. The summed E-state index contributed by atoms with van der Waals surface area (Å²) in [6.07, 6.45) is 9.20. The zero-order valence-electron chi connectivity index (χ0n) is 23.7. The Hall–Kier alpha value is -3.14. The molecule has 1 aliphatic heterocycles. The molecule has 2 saturated carbocycles. The number of hydrogen-bond donors (Lipinski definition) is 3. The van der Waals surface area contributed by atoms with Crippen LogP contribution in [-0.4, -0.2) is 63.3 Å². The molecule has 0 spiro atoms. The van der Waals surface area contributed by atoms with Crippen LogP contribution in [-0.2, 0) is 27.1 Å². The number of pyridine rings is 1. The summed E-state index contributed by atoms with van der Waals surface area (Å²) in [5.74, 6) is 0.563. The van der Waals surface area contributed by atoms with Gasteiger partial charge in [-0.2, -0.15) is 5.10 Å². The van der Waals surface area contributed by atoms with Crippen molar-refractivity contribution in [3.05, 3.63) is 40.8 Å². The third-order valence-corrected chi connectivity index (χ3v) is 8.59. The molecule has 2 aromatic heterocycles. The van der Waals surface area contributed by atoms with Crippen molar-refractivity contribution in [2.45, 2.75) is 109 Å². The van der Waals surface area contributed by atoms with E-state index in [0.29, 0.717) is 5.92 Å². The maximum atomic E-state index is 12.7. The van der Waals surface area contributed by atoms with Crippen molar-refractivity contribution in [2.24, 2.45) is 5.92 Å². The fraction of sp³-hybridized carbons (Fsp3) is 0.667. The molecule has 3 unspecified atom stereocenters. The summed E-state index contributed by atoms with van der Waals surface area (Å²) < 4.78 is 13.6. The maximum Gasteiger partial charge on any atom is 0.408 e. The van der Waals surface area contributed by atoms with Gasteiger partial charge in [0.05, 0.1) is 17.8 Å². The number of carboxylic acid groups (broad SMARTS) is 1. The van der Waals surface area contributed by atoms with E-state index in [1.165, 1.54) is 5.56 Å². The first-order valence-corrected chi connectivity index (χ1v) is 14.9. The second kappa shape index (κ2) is 13.0. The predicted octanol–water partition coefficient (Wildman–Crippen LogP) is 4.73. The van der Waals surface area contributed by atoms with Crippen LogP contribution < -0.4 is 10.6 Å². The number of aromatic nitrogens is 3. The smallest absolute Gasteiger partial charge is 0.408 e. The lowest BCUT2D eigenvalue weighted by Crippen LogP contribution is -2.45. The number of hydrogen-bond acceptors (Lipinski definition) is 7. The van der Waals surface area contributed by atoms with E-state index >= 15 is 0 Å². The van der Waals surface area contributed by atoms with Crippen molar-refractivity contribution in [3.63, 3.8) is 0 Å². The van der Waals surface area contributed by atoms with Gasteiger partial charge in [-0.15, -0.1) is 0 Å². The van der Waals surface area contributed by atoms with Crippen molar-refractivity contribution in [1.29, 1.82) is 0 Å². The van der Waals surface area contributed by atoms with Crippen molar-refractivity contribution in [3.8, 4) is 0 Å². The van der Waals surface area contributed by atoms with Crippen LogP contribution in [0.25, 0.3) is 0 Å². The number of carbonyl (C=O) groups excluding carboxylic acids is 1. The molecule has 1 amide bonds. The van der Waals surface area contributed by atoms with Gasteiger partial charge in [-0.1, -0.05) is 12.5 Å². The lowest BCUT2D eigenvalue weighted by atomic mass is 9.79. The Morgan fingerprint density at radius 1 is 1.20 bits per heavy atom. The second-order valence-electron chi connectivity index (χ2n) is 11.7. The fourth-order valence-corrected chi connectivity index (χ4v) is 6.31. The van der Waals surface area contributed by atoms with Crippen LogP contribution in [0, 0.1) is 19.8 Å². The Morgan fingerprint density at radius 3 is 2.80 bits per heavy atom. The van der Waals surface area contributed by atoms with E-state index in [9.17, 15) is 14.7 Å². The number of anilines is 1. The number of nitrogens with one attached hydrogen (secondary N) is 2. The minimum atomic E-state index is -1.09. The highest BCUT2D eigenvalue weighted by Gasteiger charge is 2.33. The monoisotopic (exact) mass is 553 g/mol. The zero-order valence-corrected chi connectivity index (χ0v) is 23.7. The van der Waals surface area contributed by atoms with Gasteiger partial charge in [0.25, 0.3) is 0 Å². The van der Waals surface area contributed by atoms with Gasteiger partial charge in [0.1, 0.15) is 18.0 Å². The van der Waals surface area contributed by atoms with E-state index in [4.69, 9.17) is 14.5 Å². The van der Waals surface area contributed by atoms with E-state index in [1.807, 2.05) is 24.6 Å². The number of aryl methyl sites for hydroxylation is 4. The number of carboxylic acids is 1. The molecule has 0 radical (unpaired) electrons. The lowest BCUT2D eigenvalue weighted by molar-refractivity contribution is -0.140. The molecular weight excluding hydrogens is 510 g/mol. The Balaban J connectivity index is 1.01. The molecule has 218 valence electrons. The van der Waals surface area contributed by atoms with Crippen molar-refractivity contribution in [2.75, 3.05) is 18.5 Å². The number of amides is 1. The number of nitrogens with zero attached hydrogens (tertiary/aromatic N) is 3. The van der Waals surface area contributed by atoms with Gasteiger partial charge in [0.15, 0.2) is 0 Å². The molecule has 0 bridgehead atoms. The highest BCUT2D eigenvalue weighted by molar-refractivity contribution is 5.79. The molecule has 0 aromatic carbocycles. The molecule has 3 aliphatic rings. The minimum absolute atomic E-state index is 0.0360. The Labute approximate surface area is 236 Å². The molecule has 2 aromatic rings. The van der Waals surface area contributed by atoms with E-state index < -0.39 is 18.1 Å². The Morgan fingerprint density at radius 2 is 2.02 bits per heavy atom. The quantitative estimate of drug-likeness (QED) is 0.364. The average Bonchev–Trinajstić information content (AvgIpc) is 3.26. The number of rotatable bonds is 11. The summed E-state index contributed by atoms with van der Waals surface area (Å²) in [6.45, 7) is 5.23. The average molecular weight is 554 g/mol. The standard InChI is InChI=1S/C30H43N5O5/c1-19-16-20(2)35(34-19)26-7-3-4-8-27(26)40-30(38)33-25(29(36)37)13-15-39-24-17-21(18-24)9-11-23-12-10-22-6-5-14-31-28(22)32-23/h10,12,16,21,24-27H,3-9,11,13-15,17-18H2,1-2H3,(H,31,32)(H,33,38)(H,36,37). The zero-order chi connectivity index (χ0) is 28.1. The fourth-order valence-electron chi connectivity index (χ4n) is 6.31. The first-order valence-electron chi connectivity index (χ1n) is 14.9. The van der Waals surface area contributed by atoms with Crippen LogP contribution in [0.15, 0.2) is 18.2 Å². The van der Waals surface area contributed by atoms with E-state index in [2.05, 4.69) is 27.9 Å². The van der Waals surface area contributed by atoms with Crippen LogP contribution in [0.1, 0.15) is 86.5 Å². The summed E-state index contributed by atoms with van der Waals surface area (Å²) in [6, 6.07) is 5.28. The topological polar surface area (TPSA) is 128 Å². The minimum Gasteiger partial charge on any atom is -0.480 e. The molecule has 10 heteroatoms. The molecule has 40 heavy (non-hydrogen) atoms. The molecule has 3 heterocycles. The van der Waals surface area contributed by atoms with Gasteiger partial charge in [0, 0.05) is 31.0 Å². The summed E-state index contributed by atoms with van der Waals surface area (Å²) in [7, 11) is 0. The largest absolute Gasteiger partial charge is 0.480 e. The van der Waals surface area contributed by atoms with E-state index in [0.717, 1.165) is 93.7 Å². The van der Waals surface area contributed by atoms with Gasteiger partial charge in [-0.05, 0) is 95.2 Å². The lowest BCUT2D eigenvalue weighted by Gasteiger charge is -2.35. The first-order chi connectivity index (χ1) is 19.4. The van der Waals surface area contributed by atoms with Gasteiger partial charge in [-0.25, -0.2) is 14.6 Å². The van der Waals surface area contributed by atoms with E-state index in [-0.39, 0.29) is 31.3 Å². The molecular formula is C30H43N5O5. The number of fused-ring (bicyclic) bond motifs is 1. The molecule has 3 atom stereocenters. The first kappa shape index (κ1) is 28.4. The van der Waals surface area contributed by atoms with Crippen LogP contribution in [0.3, 0.4) is 0 Å². The molecule has 5 rings (SSSR count). The predicted molar refractivity (Wildman–Crippen MR) is 150 cm³/mol. The number of alkyl carbamates (subject to hydrolysis) is 1. The van der Waals surface area contributed by atoms with Gasteiger partial charge >= 0.3 is 12.1 Å². The molecule has 10 nitrogen and oxygen atoms in total. The summed E-state index contributed by atoms with van der Waals surface area (Å²) in [4.78, 5) is 29.3. The Kier molecular flexibility index (Phi) is 9.24. The highest BCUT2D eigenvalue weighted by atomic mass is 16.6. The third-order valence-electron chi connectivity index (χ3n) is 8.59. The summed E-state index contributed by atoms with van der Waals surface area (Å²) in [5.41, 5.74) is 4.41. The number of ether oxygens (including phenoxy) is 2. The second-order valence-corrected chi connectivity index (χ2v) is 11.7. The number of carbonyl (C=O) groups is 2. The van der Waals surface area contributed by atoms with Crippen molar-refractivity contribution < 1.29 is 24.2 Å². The SMILES string of the molecule is Cc1cc(C)n(C2CCCCC2OC(=O)NC(CCOC2CC(CCc3ccc4c(n3)NCCC4)C2)C(=O)O)n1. The normalized spacial score (nSPS) is 24.8. The maximum absolute atomic E-state index is 12.7. The summed E-state index contributed by atoms with van der Waals surface area (Å²) in [5, 5.41) is 20.2. The molecule has 2 fully saturated rings. The van der Waals surface area contributed by atoms with Crippen molar-refractivity contribution in [1.82, 2.24) is 20.1 Å².